The van der Waals surface area contributed by atoms with Gasteiger partial charge in [0.25, 0.3) is 0 Å². The predicted octanol–water partition coefficient (Wildman–Crippen LogP) is 1.64. The third kappa shape index (κ3) is 1.03. The Kier molecular flexibility index (Phi) is 1.51. The minimum absolute atomic E-state index is 0.727. The summed E-state index contributed by atoms with van der Waals surface area (Å²) in [7, 11) is 0. The monoisotopic (exact) mass is 162 g/mol. The molecule has 0 atom stereocenters. The molecule has 0 radical (unpaired) electrons. The highest BCUT2D eigenvalue weighted by Gasteiger charge is 1.97. The van der Waals surface area contributed by atoms with Gasteiger partial charge in [-0.2, -0.15) is 0 Å². The van der Waals surface area contributed by atoms with E-state index in [4.69, 9.17) is 9.62 Å². The summed E-state index contributed by atoms with van der Waals surface area (Å²) in [6.45, 7) is 0. The Morgan fingerprint density at radius 1 is 1.50 bits per heavy atom. The van der Waals surface area contributed by atoms with Crippen LogP contribution in [0.15, 0.2) is 34.2 Å². The lowest BCUT2D eigenvalue weighted by molar-refractivity contribution is 0.322. The average molecular weight is 162 g/mol. The van der Waals surface area contributed by atoms with Crippen LogP contribution in [0.2, 0.25) is 0 Å². The highest BCUT2D eigenvalue weighted by molar-refractivity contribution is 5.85. The Morgan fingerprint density at radius 3 is 3.25 bits per heavy atom. The van der Waals surface area contributed by atoms with Crippen molar-refractivity contribution in [3.8, 4) is 0 Å². The number of hydrogen-bond acceptors (Lipinski definition) is 4. The van der Waals surface area contributed by atoms with Crippen molar-refractivity contribution in [2.45, 2.75) is 0 Å². The fourth-order valence-electron chi connectivity index (χ4n) is 1.02. The summed E-state index contributed by atoms with van der Waals surface area (Å²) in [5.74, 6) is 0. The third-order valence-electron chi connectivity index (χ3n) is 1.56. The maximum absolute atomic E-state index is 8.27. The van der Waals surface area contributed by atoms with E-state index in [1.54, 1.807) is 18.2 Å². The smallest absolute Gasteiger partial charge is 0.181 e. The summed E-state index contributed by atoms with van der Waals surface area (Å²) in [5, 5.41) is 11.2. The van der Waals surface area contributed by atoms with Crippen molar-refractivity contribution in [3.63, 3.8) is 0 Å². The minimum Gasteiger partial charge on any atom is -0.443 e. The van der Waals surface area contributed by atoms with Crippen LogP contribution in [0.4, 0.5) is 0 Å². The van der Waals surface area contributed by atoms with E-state index in [1.165, 1.54) is 12.6 Å². The molecule has 0 saturated heterocycles. The molecule has 0 unspecified atom stereocenters. The molecule has 4 heteroatoms. The number of oxime groups is 1. The van der Waals surface area contributed by atoms with Crippen LogP contribution in [0.1, 0.15) is 5.56 Å². The van der Waals surface area contributed by atoms with E-state index in [1.807, 2.05) is 0 Å². The van der Waals surface area contributed by atoms with Gasteiger partial charge < -0.3 is 9.62 Å². The zero-order valence-corrected chi connectivity index (χ0v) is 6.14. The molecular weight excluding hydrogens is 156 g/mol. The lowest BCUT2D eigenvalue weighted by atomic mass is 10.2. The molecule has 0 aliphatic carbocycles. The van der Waals surface area contributed by atoms with Gasteiger partial charge in [-0.3, -0.25) is 0 Å². The van der Waals surface area contributed by atoms with E-state index >= 15 is 0 Å². The Hall–Kier alpha value is -1.84. The Bertz CT molecular complexity index is 420. The molecule has 0 aliphatic rings. The molecule has 0 fully saturated rings. The van der Waals surface area contributed by atoms with E-state index in [-0.39, 0.29) is 0 Å². The fourth-order valence-corrected chi connectivity index (χ4v) is 1.02. The Morgan fingerprint density at radius 2 is 2.42 bits per heavy atom. The van der Waals surface area contributed by atoms with E-state index < -0.39 is 0 Å². The van der Waals surface area contributed by atoms with Crippen LogP contribution in [0.25, 0.3) is 11.1 Å². The van der Waals surface area contributed by atoms with Gasteiger partial charge in [-0.1, -0.05) is 5.16 Å². The quantitative estimate of drug-likeness (QED) is 0.394. The van der Waals surface area contributed by atoms with Gasteiger partial charge in [0.15, 0.2) is 12.0 Å². The number of fused-ring (bicyclic) bond motifs is 1. The first-order valence-corrected chi connectivity index (χ1v) is 3.41. The van der Waals surface area contributed by atoms with E-state index in [2.05, 4.69) is 10.1 Å². The predicted molar refractivity (Wildman–Crippen MR) is 43.4 cm³/mol. The van der Waals surface area contributed by atoms with Crippen LogP contribution >= 0.6 is 0 Å². The second-order valence-electron chi connectivity index (χ2n) is 2.32. The lowest BCUT2D eigenvalue weighted by Gasteiger charge is -1.89. The molecule has 2 rings (SSSR count). The normalized spacial score (nSPS) is 11.3. The summed E-state index contributed by atoms with van der Waals surface area (Å²) in [5.41, 5.74) is 2.27. The number of benzene rings is 1. The molecule has 60 valence electrons. The number of hydrogen-bond donors (Lipinski definition) is 1. The van der Waals surface area contributed by atoms with Crippen molar-refractivity contribution < 1.29 is 9.62 Å². The molecular formula is C8H6N2O2. The summed E-state index contributed by atoms with van der Waals surface area (Å²) in [4.78, 5) is 3.95. The van der Waals surface area contributed by atoms with Gasteiger partial charge in [0.2, 0.25) is 0 Å². The average Bonchev–Trinajstić information content (AvgIpc) is 2.51. The standard InChI is InChI=1S/C8H6N2O2/c11-10-4-6-1-2-8-7(3-6)9-5-12-8/h1-5,11H. The number of oxazole rings is 1. The van der Waals surface area contributed by atoms with Gasteiger partial charge in [-0.25, -0.2) is 4.98 Å². The van der Waals surface area contributed by atoms with Gasteiger partial charge in [0, 0.05) is 0 Å². The van der Waals surface area contributed by atoms with Crippen LogP contribution in [-0.4, -0.2) is 16.4 Å². The van der Waals surface area contributed by atoms with Crippen molar-refractivity contribution in [1.82, 2.24) is 4.98 Å². The minimum atomic E-state index is 0.727. The zero-order valence-electron chi connectivity index (χ0n) is 6.14. The topological polar surface area (TPSA) is 58.6 Å². The first kappa shape index (κ1) is 6.84. The van der Waals surface area contributed by atoms with Crippen LogP contribution in [0.5, 0.6) is 0 Å². The molecule has 12 heavy (non-hydrogen) atoms. The van der Waals surface area contributed by atoms with Crippen molar-refractivity contribution in [2.75, 3.05) is 0 Å². The largest absolute Gasteiger partial charge is 0.443 e. The van der Waals surface area contributed by atoms with Gasteiger partial charge in [0.1, 0.15) is 5.52 Å². The highest BCUT2D eigenvalue weighted by atomic mass is 16.4. The van der Waals surface area contributed by atoms with Crippen LogP contribution in [0, 0.1) is 0 Å². The first-order chi connectivity index (χ1) is 5.90. The SMILES string of the molecule is ON=Cc1ccc2ocnc2c1. The third-order valence-corrected chi connectivity index (χ3v) is 1.56. The first-order valence-electron chi connectivity index (χ1n) is 3.41. The van der Waals surface area contributed by atoms with E-state index in [0.717, 1.165) is 16.7 Å². The van der Waals surface area contributed by atoms with Crippen LogP contribution in [0.3, 0.4) is 0 Å². The lowest BCUT2D eigenvalue weighted by Crippen LogP contribution is -1.79. The molecule has 4 nitrogen and oxygen atoms in total. The summed E-state index contributed by atoms with van der Waals surface area (Å²) < 4.78 is 5.03. The van der Waals surface area contributed by atoms with Crippen molar-refractivity contribution in [1.29, 1.82) is 0 Å². The number of aromatic nitrogens is 1. The van der Waals surface area contributed by atoms with E-state index in [9.17, 15) is 0 Å². The van der Waals surface area contributed by atoms with Crippen molar-refractivity contribution >= 4 is 17.3 Å². The molecule has 1 aromatic carbocycles. The maximum Gasteiger partial charge on any atom is 0.181 e. The van der Waals surface area contributed by atoms with Gasteiger partial charge >= 0.3 is 0 Å². The van der Waals surface area contributed by atoms with Gasteiger partial charge in [-0.15, -0.1) is 0 Å². The molecule has 0 spiro atoms. The van der Waals surface area contributed by atoms with Crippen LogP contribution < -0.4 is 0 Å². The molecule has 1 N–H and O–H groups in total. The van der Waals surface area contributed by atoms with Gasteiger partial charge in [0.05, 0.1) is 6.21 Å². The highest BCUT2D eigenvalue weighted by Crippen LogP contribution is 2.12. The molecule has 0 amide bonds. The molecule has 2 aromatic rings. The second kappa shape index (κ2) is 2.65. The number of nitrogens with zero attached hydrogens (tertiary/aromatic N) is 2. The molecule has 0 bridgehead atoms. The molecule has 0 aliphatic heterocycles. The van der Waals surface area contributed by atoms with Gasteiger partial charge in [-0.05, 0) is 23.8 Å². The number of rotatable bonds is 1. The second-order valence-corrected chi connectivity index (χ2v) is 2.32. The summed E-state index contributed by atoms with van der Waals surface area (Å²) in [6, 6.07) is 5.34. The summed E-state index contributed by atoms with van der Waals surface area (Å²) >= 11 is 0. The Labute approximate surface area is 68.1 Å². The molecule has 1 aromatic heterocycles. The Balaban J connectivity index is 2.60. The maximum atomic E-state index is 8.27. The molecule has 1 heterocycles. The van der Waals surface area contributed by atoms with Crippen molar-refractivity contribution in [3.05, 3.63) is 30.2 Å². The van der Waals surface area contributed by atoms with Crippen molar-refractivity contribution in [2.24, 2.45) is 5.16 Å². The fraction of sp³-hybridized carbons (Fsp3) is 0. The van der Waals surface area contributed by atoms with E-state index in [0.29, 0.717) is 0 Å². The van der Waals surface area contributed by atoms with Crippen LogP contribution in [-0.2, 0) is 0 Å². The zero-order chi connectivity index (χ0) is 8.39. The molecule has 0 saturated carbocycles. The summed E-state index contributed by atoms with van der Waals surface area (Å²) in [6.07, 6.45) is 2.72.